The molecular weight excluding hydrogens is 348 g/mol. The Balaban J connectivity index is 2.16. The van der Waals surface area contributed by atoms with E-state index < -0.39 is 10.0 Å². The molecule has 0 radical (unpaired) electrons. The highest BCUT2D eigenvalue weighted by molar-refractivity contribution is 7.92. The zero-order valence-electron chi connectivity index (χ0n) is 15.4. The fraction of sp³-hybridized carbons (Fsp3) is 0.316. The van der Waals surface area contributed by atoms with Crippen LogP contribution < -0.4 is 10.0 Å². The van der Waals surface area contributed by atoms with Crippen molar-refractivity contribution in [3.63, 3.8) is 0 Å². The van der Waals surface area contributed by atoms with Gasteiger partial charge in [0.2, 0.25) is 10.0 Å². The minimum absolute atomic E-state index is 0.375. The summed E-state index contributed by atoms with van der Waals surface area (Å²) in [7, 11) is -1.35. The van der Waals surface area contributed by atoms with Gasteiger partial charge >= 0.3 is 0 Å². The average Bonchev–Trinajstić information content (AvgIpc) is 2.59. The smallest absolute Gasteiger partial charge is 0.229 e. The first-order chi connectivity index (χ1) is 12.4. The second kappa shape index (κ2) is 9.24. The standard InChI is InChI=1S/C19H26N4O2S/c1-4-20-19(23(2)15-16-10-6-5-7-11-16)21-14-17-12-8-9-13-18(17)22-26(3,24)25/h5-13,22H,4,14-15H2,1-3H3,(H,20,21). The third-order valence-electron chi connectivity index (χ3n) is 3.67. The Hall–Kier alpha value is -2.54. The molecule has 0 aliphatic carbocycles. The van der Waals surface area contributed by atoms with Gasteiger partial charge in [-0.05, 0) is 24.1 Å². The number of hydrogen-bond donors (Lipinski definition) is 2. The van der Waals surface area contributed by atoms with E-state index in [0.29, 0.717) is 12.2 Å². The number of anilines is 1. The van der Waals surface area contributed by atoms with Gasteiger partial charge in [-0.25, -0.2) is 13.4 Å². The second-order valence-corrected chi connectivity index (χ2v) is 7.79. The van der Waals surface area contributed by atoms with Crippen molar-refractivity contribution in [3.8, 4) is 0 Å². The van der Waals surface area contributed by atoms with Gasteiger partial charge in [0, 0.05) is 20.1 Å². The van der Waals surface area contributed by atoms with Gasteiger partial charge in [0.05, 0.1) is 18.5 Å². The maximum Gasteiger partial charge on any atom is 0.229 e. The van der Waals surface area contributed by atoms with Crippen LogP contribution in [0.25, 0.3) is 0 Å². The number of aliphatic imine (C=N–C) groups is 1. The fourth-order valence-electron chi connectivity index (χ4n) is 2.52. The molecule has 0 aliphatic heterocycles. The Kier molecular flexibility index (Phi) is 7.03. The van der Waals surface area contributed by atoms with Crippen LogP contribution in [-0.4, -0.2) is 39.1 Å². The van der Waals surface area contributed by atoms with Crippen LogP contribution >= 0.6 is 0 Å². The van der Waals surface area contributed by atoms with E-state index in [-0.39, 0.29) is 0 Å². The Morgan fingerprint density at radius 3 is 2.38 bits per heavy atom. The van der Waals surface area contributed by atoms with Gasteiger partial charge in [-0.2, -0.15) is 0 Å². The quantitative estimate of drug-likeness (QED) is 0.577. The van der Waals surface area contributed by atoms with Gasteiger partial charge < -0.3 is 10.2 Å². The van der Waals surface area contributed by atoms with Crippen LogP contribution in [0.1, 0.15) is 18.1 Å². The summed E-state index contributed by atoms with van der Waals surface area (Å²) in [5, 5.41) is 3.28. The molecule has 2 aromatic rings. The van der Waals surface area contributed by atoms with Gasteiger partial charge in [0.15, 0.2) is 5.96 Å². The molecule has 0 bridgehead atoms. The van der Waals surface area contributed by atoms with Gasteiger partial charge in [-0.1, -0.05) is 48.5 Å². The number of nitrogens with zero attached hydrogens (tertiary/aromatic N) is 2. The summed E-state index contributed by atoms with van der Waals surface area (Å²) in [6, 6.07) is 17.5. The highest BCUT2D eigenvalue weighted by Gasteiger charge is 2.09. The molecule has 2 aromatic carbocycles. The van der Waals surface area contributed by atoms with Crippen molar-refractivity contribution < 1.29 is 8.42 Å². The second-order valence-electron chi connectivity index (χ2n) is 6.04. The van der Waals surface area contributed by atoms with Gasteiger partial charge in [-0.3, -0.25) is 4.72 Å². The number of para-hydroxylation sites is 1. The monoisotopic (exact) mass is 374 g/mol. The van der Waals surface area contributed by atoms with E-state index in [1.807, 2.05) is 49.2 Å². The molecule has 26 heavy (non-hydrogen) atoms. The molecule has 0 aliphatic rings. The van der Waals surface area contributed by atoms with Crippen LogP contribution in [0.3, 0.4) is 0 Å². The molecule has 0 spiro atoms. The first kappa shape index (κ1) is 19.8. The summed E-state index contributed by atoms with van der Waals surface area (Å²) in [5.74, 6) is 0.769. The number of hydrogen-bond acceptors (Lipinski definition) is 3. The molecule has 0 saturated carbocycles. The highest BCUT2D eigenvalue weighted by atomic mass is 32.2. The lowest BCUT2D eigenvalue weighted by Crippen LogP contribution is -2.38. The largest absolute Gasteiger partial charge is 0.357 e. The Morgan fingerprint density at radius 1 is 1.08 bits per heavy atom. The van der Waals surface area contributed by atoms with Gasteiger partial charge in [0.25, 0.3) is 0 Å². The number of rotatable bonds is 7. The van der Waals surface area contributed by atoms with Crippen LogP contribution in [0.15, 0.2) is 59.6 Å². The van der Waals surface area contributed by atoms with Crippen LogP contribution in [-0.2, 0) is 23.1 Å². The molecule has 6 nitrogen and oxygen atoms in total. The molecule has 0 amide bonds. The minimum Gasteiger partial charge on any atom is -0.357 e. The Bertz CT molecular complexity index is 836. The molecule has 0 unspecified atom stereocenters. The van der Waals surface area contributed by atoms with E-state index in [4.69, 9.17) is 0 Å². The molecule has 7 heteroatoms. The number of guanidine groups is 1. The van der Waals surface area contributed by atoms with Gasteiger partial charge in [0.1, 0.15) is 0 Å². The van der Waals surface area contributed by atoms with Crippen LogP contribution in [0, 0.1) is 0 Å². The Labute approximate surface area is 156 Å². The van der Waals surface area contributed by atoms with E-state index in [9.17, 15) is 8.42 Å². The SMILES string of the molecule is CCNC(=NCc1ccccc1NS(C)(=O)=O)N(C)Cc1ccccc1. The minimum atomic E-state index is -3.33. The summed E-state index contributed by atoms with van der Waals surface area (Å²) in [5.41, 5.74) is 2.57. The zero-order chi connectivity index (χ0) is 19.0. The lowest BCUT2D eigenvalue weighted by molar-refractivity contribution is 0.477. The summed E-state index contributed by atoms with van der Waals surface area (Å²) < 4.78 is 25.6. The topological polar surface area (TPSA) is 73.8 Å². The van der Waals surface area contributed by atoms with Crippen molar-refractivity contribution in [2.24, 2.45) is 4.99 Å². The lowest BCUT2D eigenvalue weighted by atomic mass is 10.2. The number of sulfonamides is 1. The lowest BCUT2D eigenvalue weighted by Gasteiger charge is -2.22. The molecular formula is C19H26N4O2S. The van der Waals surface area contributed by atoms with Crippen molar-refractivity contribution in [1.82, 2.24) is 10.2 Å². The van der Waals surface area contributed by atoms with Crippen LogP contribution in [0.2, 0.25) is 0 Å². The number of nitrogens with one attached hydrogen (secondary N) is 2. The molecule has 140 valence electrons. The van der Waals surface area contributed by atoms with E-state index in [0.717, 1.165) is 30.9 Å². The van der Waals surface area contributed by atoms with Crippen LogP contribution in [0.4, 0.5) is 5.69 Å². The summed E-state index contributed by atoms with van der Waals surface area (Å²) >= 11 is 0. The molecule has 0 fully saturated rings. The number of benzene rings is 2. The van der Waals surface area contributed by atoms with E-state index in [2.05, 4.69) is 27.2 Å². The molecule has 0 heterocycles. The van der Waals surface area contributed by atoms with Crippen molar-refractivity contribution in [1.29, 1.82) is 0 Å². The third kappa shape index (κ3) is 6.40. The Morgan fingerprint density at radius 2 is 1.73 bits per heavy atom. The van der Waals surface area contributed by atoms with Crippen LogP contribution in [0.5, 0.6) is 0 Å². The first-order valence-electron chi connectivity index (χ1n) is 8.48. The van der Waals surface area contributed by atoms with E-state index >= 15 is 0 Å². The average molecular weight is 375 g/mol. The van der Waals surface area contributed by atoms with Gasteiger partial charge in [-0.15, -0.1) is 0 Å². The molecule has 0 saturated heterocycles. The summed E-state index contributed by atoms with van der Waals surface area (Å²) in [6.45, 7) is 3.88. The summed E-state index contributed by atoms with van der Waals surface area (Å²) in [4.78, 5) is 6.71. The summed E-state index contributed by atoms with van der Waals surface area (Å²) in [6.07, 6.45) is 1.14. The first-order valence-corrected chi connectivity index (χ1v) is 10.4. The predicted molar refractivity (Wildman–Crippen MR) is 108 cm³/mol. The maximum atomic E-state index is 11.5. The van der Waals surface area contributed by atoms with Crippen molar-refractivity contribution in [2.45, 2.75) is 20.0 Å². The fourth-order valence-corrected chi connectivity index (χ4v) is 3.12. The maximum absolute atomic E-state index is 11.5. The van der Waals surface area contributed by atoms with Crippen molar-refractivity contribution >= 4 is 21.7 Å². The molecule has 2 rings (SSSR count). The molecule has 2 N–H and O–H groups in total. The molecule has 0 aromatic heterocycles. The van der Waals surface area contributed by atoms with E-state index in [1.165, 1.54) is 5.56 Å². The van der Waals surface area contributed by atoms with Crippen molar-refractivity contribution in [3.05, 3.63) is 65.7 Å². The normalized spacial score (nSPS) is 11.9. The highest BCUT2D eigenvalue weighted by Crippen LogP contribution is 2.17. The van der Waals surface area contributed by atoms with E-state index in [1.54, 1.807) is 12.1 Å². The molecule has 0 atom stereocenters. The van der Waals surface area contributed by atoms with Crippen molar-refractivity contribution in [2.75, 3.05) is 24.6 Å². The third-order valence-corrected chi connectivity index (χ3v) is 4.26. The predicted octanol–water partition coefficient (Wildman–Crippen LogP) is 2.66. The zero-order valence-corrected chi connectivity index (χ0v) is 16.3.